The Morgan fingerprint density at radius 1 is 0.635 bits per heavy atom. The summed E-state index contributed by atoms with van der Waals surface area (Å²) in [5.41, 5.74) is 2.22. The molecule has 85 heavy (non-hydrogen) atoms. The monoisotopic (exact) mass is 1180 g/mol. The lowest BCUT2D eigenvalue weighted by Crippen LogP contribution is -2.68. The van der Waals surface area contributed by atoms with E-state index in [1.807, 2.05) is 48.5 Å². The normalized spacial score (nSPS) is 24.3. The summed E-state index contributed by atoms with van der Waals surface area (Å²) in [5, 5.41) is 16.5. The number of nitrogens with one attached hydrogen (secondary N) is 3. The Balaban J connectivity index is 0.702. The molecule has 8 fully saturated rings. The molecular formula is C64H74N14O5S2. The predicted molar refractivity (Wildman–Crippen MR) is 335 cm³/mol. The van der Waals surface area contributed by atoms with E-state index < -0.39 is 5.54 Å². The molecule has 19 nitrogen and oxygen atoms in total. The molecule has 12 heterocycles. The molecule has 8 aliphatic heterocycles. The van der Waals surface area contributed by atoms with Crippen LogP contribution in [0.4, 0.5) is 38.1 Å². The van der Waals surface area contributed by atoms with Gasteiger partial charge in [0.15, 0.2) is 31.6 Å². The van der Waals surface area contributed by atoms with Crippen LogP contribution in [0, 0.1) is 5.41 Å². The molecule has 4 aromatic heterocycles. The lowest BCUT2D eigenvalue weighted by atomic mass is 9.71. The number of rotatable bonds is 14. The topological polar surface area (TPSA) is 184 Å². The van der Waals surface area contributed by atoms with Crippen molar-refractivity contribution in [2.24, 2.45) is 5.41 Å². The van der Waals surface area contributed by atoms with Crippen LogP contribution in [0.5, 0.6) is 23.5 Å². The summed E-state index contributed by atoms with van der Waals surface area (Å²) in [6.07, 6.45) is 12.8. The quantitative estimate of drug-likeness (QED) is 0.0933. The van der Waals surface area contributed by atoms with Gasteiger partial charge in [0.2, 0.25) is 0 Å². The molecular weight excluding hydrogens is 1110 g/mol. The summed E-state index contributed by atoms with van der Waals surface area (Å²) in [7, 11) is 1.69. The van der Waals surface area contributed by atoms with Crippen LogP contribution < -0.4 is 44.7 Å². The second kappa shape index (κ2) is 20.6. The van der Waals surface area contributed by atoms with Crippen molar-refractivity contribution in [1.82, 2.24) is 49.9 Å². The number of amides is 1. The molecule has 16 rings (SSSR count). The van der Waals surface area contributed by atoms with E-state index >= 15 is 4.79 Å². The van der Waals surface area contributed by atoms with E-state index in [1.54, 1.807) is 7.11 Å². The number of carbonyl (C=O) groups excluding carboxylic acids is 1. The van der Waals surface area contributed by atoms with Gasteiger partial charge >= 0.3 is 18.1 Å². The Morgan fingerprint density at radius 3 is 1.69 bits per heavy atom. The van der Waals surface area contributed by atoms with Crippen molar-refractivity contribution in [2.75, 3.05) is 93.1 Å². The minimum atomic E-state index is -0.632. The second-order valence-corrected chi connectivity index (χ2v) is 28.3. The smallest absolute Gasteiger partial charge is 0.416 e. The molecule has 442 valence electrons. The summed E-state index contributed by atoms with van der Waals surface area (Å²) >= 11 is 2.99. The van der Waals surface area contributed by atoms with E-state index in [1.165, 1.54) is 48.4 Å². The lowest BCUT2D eigenvalue weighted by Gasteiger charge is -2.54. The molecule has 0 aliphatic carbocycles. The maximum atomic E-state index is 15.3. The number of nitrogens with zero attached hydrogens (tertiary/aromatic N) is 11. The number of anilines is 6. The molecule has 4 aromatic carbocycles. The number of ether oxygens (including phenoxy) is 4. The van der Waals surface area contributed by atoms with Gasteiger partial charge < -0.3 is 44.7 Å². The minimum Gasteiger partial charge on any atom is -0.497 e. The van der Waals surface area contributed by atoms with Gasteiger partial charge in [0.1, 0.15) is 35.7 Å². The fourth-order valence-electron chi connectivity index (χ4n) is 16.3. The van der Waals surface area contributed by atoms with Gasteiger partial charge in [0.25, 0.3) is 0 Å². The zero-order valence-corrected chi connectivity index (χ0v) is 50.6. The van der Waals surface area contributed by atoms with Gasteiger partial charge in [0.05, 0.1) is 41.1 Å². The highest BCUT2D eigenvalue weighted by molar-refractivity contribution is 7.22. The van der Waals surface area contributed by atoms with Crippen LogP contribution in [0.1, 0.15) is 97.8 Å². The summed E-state index contributed by atoms with van der Waals surface area (Å²) in [4.78, 5) is 60.0. The average molecular weight is 1180 g/mol. The molecule has 21 heteroatoms. The van der Waals surface area contributed by atoms with Crippen LogP contribution in [0.3, 0.4) is 0 Å². The predicted octanol–water partition coefficient (Wildman–Crippen LogP) is 11.5. The Morgan fingerprint density at radius 2 is 1.15 bits per heavy atom. The fraction of sp³-hybridized carbons (Fsp3) is 0.516. The van der Waals surface area contributed by atoms with Crippen molar-refractivity contribution < 1.29 is 23.7 Å². The van der Waals surface area contributed by atoms with Crippen molar-refractivity contribution in [3.8, 4) is 23.5 Å². The number of methoxy groups -OCH3 is 1. The Kier molecular flexibility index (Phi) is 13.0. The molecule has 0 radical (unpaired) electrons. The Hall–Kier alpha value is -6.91. The van der Waals surface area contributed by atoms with E-state index in [-0.39, 0.29) is 28.6 Å². The molecule has 8 saturated heterocycles. The molecule has 0 saturated carbocycles. The van der Waals surface area contributed by atoms with E-state index in [2.05, 4.69) is 85.5 Å². The average Bonchev–Trinajstić information content (AvgIpc) is 1.69. The fourth-order valence-corrected chi connectivity index (χ4v) is 18.0. The van der Waals surface area contributed by atoms with Crippen molar-refractivity contribution in [3.05, 3.63) is 72.8 Å². The number of hydrogen-bond acceptors (Lipinski definition) is 20. The number of fused-ring (bicyclic) bond motifs is 10. The first-order chi connectivity index (χ1) is 41.4. The van der Waals surface area contributed by atoms with Gasteiger partial charge in [0, 0.05) is 61.2 Å². The SMILES string of the molecule is COc1cc(Nc2nc3c(N4CC5CCC(C(C)(C)C)(C4)N5C(=O)Oc4cc(Nc5nc6c(N7CC8CCC(C7)N8)nc(OCC78CCCN7CCC8)nc6s5)c5ccccc5c4)nc(OCC45CCCN4CCC5)nc3s2)c2ccccc2c1. The summed E-state index contributed by atoms with van der Waals surface area (Å²) < 4.78 is 25.8. The van der Waals surface area contributed by atoms with Crippen molar-refractivity contribution in [1.29, 1.82) is 0 Å². The van der Waals surface area contributed by atoms with Crippen LogP contribution in [0.25, 0.3) is 42.2 Å². The Bertz CT molecular complexity index is 3890. The third-order valence-electron chi connectivity index (χ3n) is 20.6. The largest absolute Gasteiger partial charge is 0.497 e. The number of aromatic nitrogens is 6. The molecule has 8 aliphatic rings. The maximum Gasteiger partial charge on any atom is 0.416 e. The van der Waals surface area contributed by atoms with Crippen LogP contribution in [-0.4, -0.2) is 158 Å². The number of carbonyl (C=O) groups is 1. The molecule has 3 N–H and O–H groups in total. The van der Waals surface area contributed by atoms with Gasteiger partial charge in [-0.25, -0.2) is 14.8 Å². The van der Waals surface area contributed by atoms with Crippen LogP contribution in [0.2, 0.25) is 0 Å². The van der Waals surface area contributed by atoms with Crippen molar-refractivity contribution in [3.63, 3.8) is 0 Å². The van der Waals surface area contributed by atoms with Crippen LogP contribution in [-0.2, 0) is 0 Å². The van der Waals surface area contributed by atoms with Gasteiger partial charge in [-0.05, 0) is 132 Å². The first-order valence-electron chi connectivity index (χ1n) is 30.9. The number of hydrogen-bond donors (Lipinski definition) is 3. The van der Waals surface area contributed by atoms with Gasteiger partial charge in [-0.3, -0.25) is 14.7 Å². The minimum absolute atomic E-state index is 0.0149. The summed E-state index contributed by atoms with van der Waals surface area (Å²) in [6.45, 7) is 15.1. The molecule has 4 unspecified atom stereocenters. The highest BCUT2D eigenvalue weighted by Crippen LogP contribution is 2.52. The van der Waals surface area contributed by atoms with Crippen molar-refractivity contribution in [2.45, 2.75) is 133 Å². The molecule has 4 bridgehead atoms. The van der Waals surface area contributed by atoms with Gasteiger partial charge in [-0.2, -0.15) is 19.9 Å². The number of piperazine rings is 2. The molecule has 0 spiro atoms. The third-order valence-corrected chi connectivity index (χ3v) is 22.3. The zero-order chi connectivity index (χ0) is 57.2. The summed E-state index contributed by atoms with van der Waals surface area (Å²) in [6, 6.07) is 25.9. The third kappa shape index (κ3) is 9.31. The van der Waals surface area contributed by atoms with Crippen LogP contribution in [0.15, 0.2) is 72.8 Å². The first-order valence-corrected chi connectivity index (χ1v) is 32.5. The zero-order valence-electron chi connectivity index (χ0n) is 49.0. The van der Waals surface area contributed by atoms with Gasteiger partial charge in [-0.15, -0.1) is 0 Å². The standard InChI is InChI=1S/C64H74N14O5S2/c1-61(2,3)64-24-19-43(35-75(36-64)53-51-55(73-57(71-53)82-38-63-22-11-27-77(63)28-12-23-63)85-58(69-51)66-48-31-44(80-4)29-39-13-5-7-15-46(39)48)78(64)60(79)83-45-30-40-14-6-8-16-47(40)49(32-45)67-59-68-50-52(74-33-41-17-18-42(34-74)65-41)70-56(72-54(50)84-59)81-37-62-20-9-25-76(62)26-10-21-62/h5-8,13-16,29-32,41-43,65H,9-12,17-28,33-38H2,1-4H3,(H,66,69)(H,67,68). The molecule has 1 amide bonds. The number of thiazole rings is 2. The van der Waals surface area contributed by atoms with E-state index in [9.17, 15) is 0 Å². The molecule has 4 atom stereocenters. The maximum absolute atomic E-state index is 15.3. The first kappa shape index (κ1) is 53.6. The highest BCUT2D eigenvalue weighted by atomic mass is 32.1. The van der Waals surface area contributed by atoms with Crippen LogP contribution >= 0.6 is 22.7 Å². The van der Waals surface area contributed by atoms with Gasteiger partial charge in [-0.1, -0.05) is 92.0 Å². The van der Waals surface area contributed by atoms with E-state index in [0.717, 1.165) is 150 Å². The lowest BCUT2D eigenvalue weighted by molar-refractivity contribution is 0.00848. The number of benzene rings is 4. The summed E-state index contributed by atoms with van der Waals surface area (Å²) in [5.74, 6) is 2.75. The molecule has 8 aromatic rings. The van der Waals surface area contributed by atoms with E-state index in [0.29, 0.717) is 77.8 Å². The highest BCUT2D eigenvalue weighted by Gasteiger charge is 2.60. The van der Waals surface area contributed by atoms with E-state index in [4.69, 9.17) is 48.9 Å². The second-order valence-electron chi connectivity index (χ2n) is 26.4. The van der Waals surface area contributed by atoms with Crippen molar-refractivity contribution >= 4 is 104 Å². The Labute approximate surface area is 502 Å².